The lowest BCUT2D eigenvalue weighted by Gasteiger charge is -2.13. The molecule has 0 aliphatic rings. The van der Waals surface area contributed by atoms with E-state index in [0.29, 0.717) is 38.7 Å². The van der Waals surface area contributed by atoms with Gasteiger partial charge in [-0.1, -0.05) is 35.7 Å². The Hall–Kier alpha value is -2.40. The van der Waals surface area contributed by atoms with E-state index < -0.39 is 0 Å². The highest BCUT2D eigenvalue weighted by Crippen LogP contribution is 2.38. The third-order valence-electron chi connectivity index (χ3n) is 3.23. The molecular formula is C20H15BrClNO2. The Morgan fingerprint density at radius 2 is 2.08 bits per heavy atom. The maximum Gasteiger partial charge on any atom is 0.176 e. The van der Waals surface area contributed by atoms with Crippen LogP contribution in [0, 0.1) is 23.7 Å². The lowest BCUT2D eigenvalue weighted by molar-refractivity contribution is 0.298. The van der Waals surface area contributed by atoms with E-state index in [0.717, 1.165) is 5.56 Å². The first kappa shape index (κ1) is 18.9. The van der Waals surface area contributed by atoms with Crippen LogP contribution in [-0.2, 0) is 0 Å². The second-order valence-electron chi connectivity index (χ2n) is 4.91. The summed E-state index contributed by atoms with van der Waals surface area (Å²) in [6.45, 7) is 2.49. The van der Waals surface area contributed by atoms with Crippen LogP contribution in [0.2, 0.25) is 5.02 Å². The van der Waals surface area contributed by atoms with Crippen molar-refractivity contribution >= 4 is 39.2 Å². The van der Waals surface area contributed by atoms with Crippen molar-refractivity contribution in [3.63, 3.8) is 0 Å². The number of nitriles is 1. The molecule has 2 aromatic rings. The van der Waals surface area contributed by atoms with Gasteiger partial charge in [-0.15, -0.1) is 6.42 Å². The molecule has 0 radical (unpaired) electrons. The number of allylic oxidation sites excluding steroid dienone is 1. The molecule has 25 heavy (non-hydrogen) atoms. The third-order valence-corrected chi connectivity index (χ3v) is 4.15. The molecule has 0 aliphatic carbocycles. The molecule has 0 saturated heterocycles. The van der Waals surface area contributed by atoms with Gasteiger partial charge in [-0.25, -0.2) is 0 Å². The van der Waals surface area contributed by atoms with Crippen LogP contribution in [0.3, 0.4) is 0 Å². The van der Waals surface area contributed by atoms with E-state index in [-0.39, 0.29) is 6.61 Å². The van der Waals surface area contributed by atoms with Crippen molar-refractivity contribution in [1.29, 1.82) is 5.26 Å². The molecular weight excluding hydrogens is 402 g/mol. The van der Waals surface area contributed by atoms with Crippen LogP contribution in [0.15, 0.2) is 40.9 Å². The number of halogens is 2. The first-order chi connectivity index (χ1) is 12.1. The van der Waals surface area contributed by atoms with Gasteiger partial charge in [0.05, 0.1) is 22.7 Å². The van der Waals surface area contributed by atoms with Crippen molar-refractivity contribution in [2.75, 3.05) is 13.2 Å². The second kappa shape index (κ2) is 9.18. The fourth-order valence-electron chi connectivity index (χ4n) is 2.20. The fraction of sp³-hybridized carbons (Fsp3) is 0.150. The van der Waals surface area contributed by atoms with Crippen molar-refractivity contribution in [1.82, 2.24) is 0 Å². The second-order valence-corrected chi connectivity index (χ2v) is 6.17. The van der Waals surface area contributed by atoms with Gasteiger partial charge in [0.1, 0.15) is 6.61 Å². The predicted octanol–water partition coefficient (Wildman–Crippen LogP) is 5.58. The molecule has 2 rings (SSSR count). The molecule has 126 valence electrons. The molecule has 0 aliphatic heterocycles. The number of hydrogen-bond donors (Lipinski definition) is 0. The molecule has 0 atom stereocenters. The minimum Gasteiger partial charge on any atom is -0.490 e. The molecule has 0 heterocycles. The minimum absolute atomic E-state index is 0.136. The fourth-order valence-corrected chi connectivity index (χ4v) is 3.02. The highest BCUT2D eigenvalue weighted by atomic mass is 79.9. The van der Waals surface area contributed by atoms with Gasteiger partial charge in [0.15, 0.2) is 11.5 Å². The Kier molecular flexibility index (Phi) is 6.95. The van der Waals surface area contributed by atoms with E-state index in [1.807, 2.05) is 25.1 Å². The molecule has 5 heteroatoms. The summed E-state index contributed by atoms with van der Waals surface area (Å²) in [6.07, 6.45) is 7.00. The van der Waals surface area contributed by atoms with Crippen molar-refractivity contribution in [3.8, 4) is 29.9 Å². The maximum absolute atomic E-state index is 9.51. The van der Waals surface area contributed by atoms with Crippen LogP contribution in [0.1, 0.15) is 18.1 Å². The molecule has 0 amide bonds. The molecule has 3 nitrogen and oxygen atoms in total. The summed E-state index contributed by atoms with van der Waals surface area (Å²) in [5, 5.41) is 10.0. The number of benzene rings is 2. The van der Waals surface area contributed by atoms with Crippen LogP contribution in [0.4, 0.5) is 0 Å². The van der Waals surface area contributed by atoms with Gasteiger partial charge in [-0.3, -0.25) is 0 Å². The summed E-state index contributed by atoms with van der Waals surface area (Å²) in [4.78, 5) is 0. The molecule has 2 aromatic carbocycles. The summed E-state index contributed by atoms with van der Waals surface area (Å²) in [5.74, 6) is 3.51. The van der Waals surface area contributed by atoms with Gasteiger partial charge in [-0.05, 0) is 52.7 Å². The van der Waals surface area contributed by atoms with Crippen molar-refractivity contribution < 1.29 is 9.47 Å². The average molecular weight is 417 g/mol. The van der Waals surface area contributed by atoms with Gasteiger partial charge in [0, 0.05) is 10.6 Å². The van der Waals surface area contributed by atoms with E-state index in [1.54, 1.807) is 24.3 Å². The van der Waals surface area contributed by atoms with E-state index in [4.69, 9.17) is 27.5 Å². The molecule has 0 unspecified atom stereocenters. The summed E-state index contributed by atoms with van der Waals surface area (Å²) in [6, 6.07) is 13.0. The Morgan fingerprint density at radius 3 is 2.72 bits per heavy atom. The Labute approximate surface area is 161 Å². The highest BCUT2D eigenvalue weighted by Gasteiger charge is 2.13. The standard InChI is InChI=1S/C20H15BrClNO2/c1-3-9-25-20-17(21)11-14(12-19(20)24-4-2)10-15(13-23)16-7-5-6-8-18(16)22/h1,5-8,10-12H,4,9H2,2H3. The zero-order valence-corrected chi connectivity index (χ0v) is 15.9. The van der Waals surface area contributed by atoms with Gasteiger partial charge in [-0.2, -0.15) is 5.26 Å². The number of nitrogens with zero attached hydrogens (tertiary/aromatic N) is 1. The monoisotopic (exact) mass is 415 g/mol. The van der Waals surface area contributed by atoms with Crippen LogP contribution in [0.25, 0.3) is 11.6 Å². The van der Waals surface area contributed by atoms with Crippen LogP contribution in [-0.4, -0.2) is 13.2 Å². The lowest BCUT2D eigenvalue weighted by atomic mass is 10.0. The van der Waals surface area contributed by atoms with Crippen LogP contribution >= 0.6 is 27.5 Å². The maximum atomic E-state index is 9.51. The number of rotatable bonds is 6. The van der Waals surface area contributed by atoms with Gasteiger partial charge in [0.25, 0.3) is 0 Å². The predicted molar refractivity (Wildman–Crippen MR) is 105 cm³/mol. The normalized spacial score (nSPS) is 10.7. The molecule has 0 aromatic heterocycles. The Balaban J connectivity index is 2.50. The zero-order valence-electron chi connectivity index (χ0n) is 13.6. The van der Waals surface area contributed by atoms with Crippen molar-refractivity contribution in [2.24, 2.45) is 0 Å². The largest absolute Gasteiger partial charge is 0.490 e. The SMILES string of the molecule is C#CCOc1c(Br)cc(C=C(C#N)c2ccccc2Cl)cc1OCC. The van der Waals surface area contributed by atoms with E-state index >= 15 is 0 Å². The Morgan fingerprint density at radius 1 is 1.32 bits per heavy atom. The van der Waals surface area contributed by atoms with Crippen molar-refractivity contribution in [3.05, 3.63) is 57.0 Å². The van der Waals surface area contributed by atoms with Crippen molar-refractivity contribution in [2.45, 2.75) is 6.92 Å². The van der Waals surface area contributed by atoms with Gasteiger partial charge >= 0.3 is 0 Å². The highest BCUT2D eigenvalue weighted by molar-refractivity contribution is 9.10. The van der Waals surface area contributed by atoms with Gasteiger partial charge in [0.2, 0.25) is 0 Å². The summed E-state index contributed by atoms with van der Waals surface area (Å²) in [7, 11) is 0. The van der Waals surface area contributed by atoms with Crippen LogP contribution < -0.4 is 9.47 Å². The smallest absolute Gasteiger partial charge is 0.176 e. The number of ether oxygens (including phenoxy) is 2. The van der Waals surface area contributed by atoms with Crippen LogP contribution in [0.5, 0.6) is 11.5 Å². The quantitative estimate of drug-likeness (QED) is 0.351. The molecule has 0 spiro atoms. The van der Waals surface area contributed by atoms with E-state index in [2.05, 4.69) is 27.9 Å². The number of terminal acetylenes is 1. The number of hydrogen-bond acceptors (Lipinski definition) is 3. The van der Waals surface area contributed by atoms with E-state index in [1.165, 1.54) is 0 Å². The summed E-state index contributed by atoms with van der Waals surface area (Å²) >= 11 is 9.66. The first-order valence-electron chi connectivity index (χ1n) is 7.50. The summed E-state index contributed by atoms with van der Waals surface area (Å²) < 4.78 is 11.9. The van der Waals surface area contributed by atoms with E-state index in [9.17, 15) is 5.26 Å². The average Bonchev–Trinajstić information content (AvgIpc) is 2.60. The first-order valence-corrected chi connectivity index (χ1v) is 8.67. The Bertz CT molecular complexity index is 878. The topological polar surface area (TPSA) is 42.2 Å². The summed E-state index contributed by atoms with van der Waals surface area (Å²) in [5.41, 5.74) is 1.91. The zero-order chi connectivity index (χ0) is 18.2. The molecule has 0 saturated carbocycles. The van der Waals surface area contributed by atoms with Gasteiger partial charge < -0.3 is 9.47 Å². The third kappa shape index (κ3) is 4.79. The molecule has 0 bridgehead atoms. The molecule has 0 N–H and O–H groups in total. The minimum atomic E-state index is 0.136. The lowest BCUT2D eigenvalue weighted by Crippen LogP contribution is -2.00. The molecule has 0 fully saturated rings.